The fourth-order valence-corrected chi connectivity index (χ4v) is 2.86. The highest BCUT2D eigenvalue weighted by atomic mass is 16.2. The Morgan fingerprint density at radius 1 is 1.44 bits per heavy atom. The summed E-state index contributed by atoms with van der Waals surface area (Å²) in [7, 11) is 0. The van der Waals surface area contributed by atoms with E-state index < -0.39 is 5.54 Å². The summed E-state index contributed by atoms with van der Waals surface area (Å²) in [5.41, 5.74) is -0.710. The van der Waals surface area contributed by atoms with Crippen LogP contribution in [0.25, 0.3) is 0 Å². The third-order valence-electron chi connectivity index (χ3n) is 4.15. The van der Waals surface area contributed by atoms with Gasteiger partial charge in [0, 0.05) is 19.0 Å². The molecule has 5 heteroatoms. The molecule has 0 radical (unpaired) electrons. The van der Waals surface area contributed by atoms with Crippen LogP contribution in [-0.4, -0.2) is 42.0 Å². The molecule has 18 heavy (non-hydrogen) atoms. The number of nitrogens with one attached hydrogen (secondary N) is 2. The Labute approximate surface area is 108 Å². The van der Waals surface area contributed by atoms with Crippen molar-refractivity contribution in [2.75, 3.05) is 19.6 Å². The highest BCUT2D eigenvalue weighted by molar-refractivity contribution is 6.07. The van der Waals surface area contributed by atoms with Gasteiger partial charge in [0.1, 0.15) is 5.54 Å². The zero-order chi connectivity index (χ0) is 13.2. The van der Waals surface area contributed by atoms with Crippen molar-refractivity contribution in [2.45, 2.75) is 45.1 Å². The topological polar surface area (TPSA) is 61.4 Å². The van der Waals surface area contributed by atoms with Crippen LogP contribution in [0.5, 0.6) is 0 Å². The molecule has 2 aliphatic rings. The number of rotatable bonds is 4. The van der Waals surface area contributed by atoms with E-state index in [4.69, 9.17) is 0 Å². The molecule has 5 nitrogen and oxygen atoms in total. The SMILES string of the molecule is CCCCN1C(=O)NC(C)(C2CCCNC2)C1=O. The van der Waals surface area contributed by atoms with E-state index in [9.17, 15) is 9.59 Å². The van der Waals surface area contributed by atoms with Gasteiger partial charge in [-0.2, -0.15) is 0 Å². The van der Waals surface area contributed by atoms with Gasteiger partial charge >= 0.3 is 6.03 Å². The molecule has 2 saturated heterocycles. The van der Waals surface area contributed by atoms with Gasteiger partial charge in [-0.05, 0) is 32.7 Å². The van der Waals surface area contributed by atoms with Crippen LogP contribution in [0.1, 0.15) is 39.5 Å². The zero-order valence-electron chi connectivity index (χ0n) is 11.3. The van der Waals surface area contributed by atoms with Gasteiger partial charge in [-0.1, -0.05) is 13.3 Å². The minimum Gasteiger partial charge on any atom is -0.323 e. The van der Waals surface area contributed by atoms with Gasteiger partial charge in [0.15, 0.2) is 0 Å². The summed E-state index contributed by atoms with van der Waals surface area (Å²) in [6, 6.07) is -0.221. The van der Waals surface area contributed by atoms with Gasteiger partial charge in [0.2, 0.25) is 0 Å². The van der Waals surface area contributed by atoms with Crippen LogP contribution in [0.3, 0.4) is 0 Å². The maximum Gasteiger partial charge on any atom is 0.325 e. The van der Waals surface area contributed by atoms with Crippen LogP contribution in [0.15, 0.2) is 0 Å². The maximum atomic E-state index is 12.5. The van der Waals surface area contributed by atoms with Crippen molar-refractivity contribution in [3.05, 3.63) is 0 Å². The number of carbonyl (C=O) groups excluding carboxylic acids is 2. The van der Waals surface area contributed by atoms with Crippen LogP contribution in [-0.2, 0) is 4.79 Å². The van der Waals surface area contributed by atoms with Crippen molar-refractivity contribution < 1.29 is 9.59 Å². The molecule has 102 valence electrons. The number of unbranched alkanes of at least 4 members (excludes halogenated alkanes) is 1. The van der Waals surface area contributed by atoms with E-state index in [1.54, 1.807) is 0 Å². The van der Waals surface area contributed by atoms with E-state index >= 15 is 0 Å². The first kappa shape index (κ1) is 13.3. The van der Waals surface area contributed by atoms with Crippen molar-refractivity contribution in [3.63, 3.8) is 0 Å². The lowest BCUT2D eigenvalue weighted by Gasteiger charge is -2.34. The quantitative estimate of drug-likeness (QED) is 0.737. The van der Waals surface area contributed by atoms with Gasteiger partial charge in [-0.3, -0.25) is 9.69 Å². The fourth-order valence-electron chi connectivity index (χ4n) is 2.86. The molecule has 2 rings (SSSR count). The van der Waals surface area contributed by atoms with Gasteiger partial charge in [-0.25, -0.2) is 4.79 Å². The first-order valence-corrected chi connectivity index (χ1v) is 6.94. The highest BCUT2D eigenvalue weighted by Crippen LogP contribution is 2.30. The zero-order valence-corrected chi connectivity index (χ0v) is 11.3. The molecule has 0 bridgehead atoms. The molecular formula is C13H23N3O2. The summed E-state index contributed by atoms with van der Waals surface area (Å²) >= 11 is 0. The highest BCUT2D eigenvalue weighted by Gasteiger charge is 2.52. The van der Waals surface area contributed by atoms with E-state index in [0.29, 0.717) is 6.54 Å². The number of piperidine rings is 1. The number of amides is 3. The second kappa shape index (κ2) is 5.26. The summed E-state index contributed by atoms with van der Waals surface area (Å²) in [5.74, 6) is 0.156. The van der Waals surface area contributed by atoms with Crippen molar-refractivity contribution in [1.29, 1.82) is 0 Å². The summed E-state index contributed by atoms with van der Waals surface area (Å²) in [6.07, 6.45) is 3.92. The lowest BCUT2D eigenvalue weighted by molar-refractivity contribution is -0.132. The van der Waals surface area contributed by atoms with Crippen LogP contribution in [0.4, 0.5) is 4.79 Å². The molecular weight excluding hydrogens is 230 g/mol. The largest absolute Gasteiger partial charge is 0.325 e. The Kier molecular flexibility index (Phi) is 3.90. The molecule has 2 N–H and O–H groups in total. The van der Waals surface area contributed by atoms with Crippen molar-refractivity contribution in [3.8, 4) is 0 Å². The van der Waals surface area contributed by atoms with E-state index in [0.717, 1.165) is 38.8 Å². The van der Waals surface area contributed by atoms with Gasteiger partial charge < -0.3 is 10.6 Å². The second-order valence-electron chi connectivity index (χ2n) is 5.49. The Morgan fingerprint density at radius 2 is 2.22 bits per heavy atom. The number of urea groups is 1. The second-order valence-corrected chi connectivity index (χ2v) is 5.49. The van der Waals surface area contributed by atoms with Gasteiger partial charge in [-0.15, -0.1) is 0 Å². The standard InChI is InChI=1S/C13H23N3O2/c1-3-4-8-16-11(17)13(2,15-12(16)18)10-6-5-7-14-9-10/h10,14H,3-9H2,1-2H3,(H,15,18). The van der Waals surface area contributed by atoms with Crippen LogP contribution in [0.2, 0.25) is 0 Å². The Balaban J connectivity index is 2.09. The van der Waals surface area contributed by atoms with Crippen LogP contribution in [0, 0.1) is 5.92 Å². The normalized spacial score (nSPS) is 32.8. The first-order valence-electron chi connectivity index (χ1n) is 6.94. The molecule has 0 aromatic heterocycles. The number of hydrogen-bond acceptors (Lipinski definition) is 3. The van der Waals surface area contributed by atoms with Crippen LogP contribution < -0.4 is 10.6 Å². The fraction of sp³-hybridized carbons (Fsp3) is 0.846. The summed E-state index contributed by atoms with van der Waals surface area (Å²) < 4.78 is 0. The molecule has 2 aliphatic heterocycles. The maximum absolute atomic E-state index is 12.5. The molecule has 0 aliphatic carbocycles. The van der Waals surface area contributed by atoms with Gasteiger partial charge in [0.25, 0.3) is 5.91 Å². The number of imide groups is 1. The molecule has 2 unspecified atom stereocenters. The Bertz CT molecular complexity index is 339. The van der Waals surface area contributed by atoms with E-state index in [1.807, 2.05) is 6.92 Å². The molecule has 2 heterocycles. The summed E-state index contributed by atoms with van der Waals surface area (Å²) in [5, 5.41) is 6.21. The monoisotopic (exact) mass is 253 g/mol. The summed E-state index contributed by atoms with van der Waals surface area (Å²) in [4.78, 5) is 25.8. The van der Waals surface area contributed by atoms with E-state index in [1.165, 1.54) is 4.90 Å². The average molecular weight is 253 g/mol. The smallest absolute Gasteiger partial charge is 0.323 e. The molecule has 0 aromatic carbocycles. The lowest BCUT2D eigenvalue weighted by atomic mass is 9.80. The van der Waals surface area contributed by atoms with Crippen molar-refractivity contribution in [2.24, 2.45) is 5.92 Å². The van der Waals surface area contributed by atoms with E-state index in [-0.39, 0.29) is 17.9 Å². The number of hydrogen-bond donors (Lipinski definition) is 2. The predicted molar refractivity (Wildman–Crippen MR) is 69.2 cm³/mol. The van der Waals surface area contributed by atoms with Crippen LogP contribution >= 0.6 is 0 Å². The third kappa shape index (κ3) is 2.23. The lowest BCUT2D eigenvalue weighted by Crippen LogP contribution is -2.55. The molecule has 0 saturated carbocycles. The molecule has 2 fully saturated rings. The third-order valence-corrected chi connectivity index (χ3v) is 4.15. The van der Waals surface area contributed by atoms with Crippen molar-refractivity contribution >= 4 is 11.9 Å². The number of nitrogens with zero attached hydrogens (tertiary/aromatic N) is 1. The minimum absolute atomic E-state index is 0.0466. The average Bonchev–Trinajstić information content (AvgIpc) is 2.60. The number of carbonyl (C=O) groups is 2. The van der Waals surface area contributed by atoms with E-state index in [2.05, 4.69) is 17.6 Å². The predicted octanol–water partition coefficient (Wildman–Crippen LogP) is 1.10. The molecule has 0 spiro atoms. The van der Waals surface area contributed by atoms with Crippen molar-refractivity contribution in [1.82, 2.24) is 15.5 Å². The summed E-state index contributed by atoms with van der Waals surface area (Å²) in [6.45, 7) is 6.29. The molecule has 0 aromatic rings. The minimum atomic E-state index is -0.710. The molecule has 3 amide bonds. The van der Waals surface area contributed by atoms with Gasteiger partial charge in [0.05, 0.1) is 0 Å². The molecule has 2 atom stereocenters. The Morgan fingerprint density at radius 3 is 2.83 bits per heavy atom. The first-order chi connectivity index (χ1) is 8.59. The Hall–Kier alpha value is -1.10.